The van der Waals surface area contributed by atoms with Crippen LogP contribution in [0.3, 0.4) is 0 Å². The van der Waals surface area contributed by atoms with Crippen molar-refractivity contribution in [2.45, 2.75) is 4.90 Å². The van der Waals surface area contributed by atoms with Gasteiger partial charge in [-0.15, -0.1) is 0 Å². The van der Waals surface area contributed by atoms with Crippen LogP contribution in [0.4, 0.5) is 11.4 Å². The Morgan fingerprint density at radius 2 is 1.76 bits per heavy atom. The van der Waals surface area contributed by atoms with Crippen molar-refractivity contribution in [2.24, 2.45) is 0 Å². The average molecular weight is 309 g/mol. The van der Waals surface area contributed by atoms with Gasteiger partial charge in [-0.1, -0.05) is 0 Å². The van der Waals surface area contributed by atoms with E-state index < -0.39 is 10.0 Å². The van der Waals surface area contributed by atoms with Gasteiger partial charge >= 0.3 is 0 Å². The second-order valence-electron chi connectivity index (χ2n) is 4.12. The van der Waals surface area contributed by atoms with Crippen LogP contribution in [0.1, 0.15) is 0 Å². The van der Waals surface area contributed by atoms with Gasteiger partial charge in [0.1, 0.15) is 16.4 Å². The summed E-state index contributed by atoms with van der Waals surface area (Å²) in [5.41, 5.74) is 6.08. The molecule has 7 nitrogen and oxygen atoms in total. The summed E-state index contributed by atoms with van der Waals surface area (Å²) in [4.78, 5) is 3.68. The second-order valence-corrected chi connectivity index (χ2v) is 5.77. The molecule has 8 heteroatoms. The monoisotopic (exact) mass is 309 g/mol. The molecule has 21 heavy (non-hydrogen) atoms. The predicted octanol–water partition coefficient (Wildman–Crippen LogP) is 1.48. The topological polar surface area (TPSA) is 104 Å². The Morgan fingerprint density at radius 3 is 2.29 bits per heavy atom. The first-order valence-corrected chi connectivity index (χ1v) is 7.40. The number of nitrogens with zero attached hydrogens (tertiary/aromatic N) is 1. The summed E-state index contributed by atoms with van der Waals surface area (Å²) in [7, 11) is -0.886. The fourth-order valence-corrected chi connectivity index (χ4v) is 2.81. The molecule has 2 rings (SSSR count). The molecule has 0 saturated heterocycles. The van der Waals surface area contributed by atoms with Crippen molar-refractivity contribution in [1.82, 2.24) is 4.98 Å². The minimum absolute atomic E-state index is 0.0909. The summed E-state index contributed by atoms with van der Waals surface area (Å²) < 4.78 is 37.2. The first-order chi connectivity index (χ1) is 9.96. The van der Waals surface area contributed by atoms with E-state index in [1.54, 1.807) is 6.07 Å². The summed E-state index contributed by atoms with van der Waals surface area (Å²) in [6.45, 7) is 0. The molecule has 0 aliphatic rings. The maximum Gasteiger partial charge on any atom is 0.265 e. The highest BCUT2D eigenvalue weighted by Crippen LogP contribution is 2.28. The van der Waals surface area contributed by atoms with Gasteiger partial charge in [-0.05, 0) is 6.07 Å². The zero-order valence-electron chi connectivity index (χ0n) is 11.5. The number of hydrogen-bond donors (Lipinski definition) is 2. The number of aromatic nitrogens is 1. The molecule has 0 fully saturated rings. The molecule has 112 valence electrons. The average Bonchev–Trinajstić information content (AvgIpc) is 2.46. The zero-order valence-corrected chi connectivity index (χ0v) is 12.3. The molecule has 0 aliphatic carbocycles. The van der Waals surface area contributed by atoms with Gasteiger partial charge in [0.05, 0.1) is 25.6 Å². The first-order valence-electron chi connectivity index (χ1n) is 5.91. The highest BCUT2D eigenvalue weighted by atomic mass is 32.2. The number of ether oxygens (including phenoxy) is 2. The maximum atomic E-state index is 12.3. The van der Waals surface area contributed by atoms with Gasteiger partial charge in [-0.2, -0.15) is 0 Å². The van der Waals surface area contributed by atoms with Crippen LogP contribution in [0.5, 0.6) is 11.5 Å². The zero-order chi connectivity index (χ0) is 15.5. The van der Waals surface area contributed by atoms with Gasteiger partial charge in [-0.25, -0.2) is 8.42 Å². The fraction of sp³-hybridized carbons (Fsp3) is 0.154. The van der Waals surface area contributed by atoms with Crippen LogP contribution in [0.2, 0.25) is 0 Å². The molecule has 0 bridgehead atoms. The maximum absolute atomic E-state index is 12.3. The standard InChI is InChI=1S/C13H15N3O4S/c1-19-10-5-9(6-11(7-10)20-2)16-21(17,18)13-8-15-4-3-12(13)14/h3-8,16H,1-2H3,(H2,14,15). The Labute approximate surface area is 122 Å². The highest BCUT2D eigenvalue weighted by molar-refractivity contribution is 7.92. The number of benzene rings is 1. The summed E-state index contributed by atoms with van der Waals surface area (Å²) in [5.74, 6) is 0.928. The minimum atomic E-state index is -3.84. The number of nitrogens with two attached hydrogens (primary N) is 1. The Kier molecular flexibility index (Phi) is 4.18. The SMILES string of the molecule is COc1cc(NS(=O)(=O)c2cnccc2N)cc(OC)c1. The van der Waals surface area contributed by atoms with Gasteiger partial charge < -0.3 is 15.2 Å². The van der Waals surface area contributed by atoms with E-state index in [0.717, 1.165) is 0 Å². The lowest BCUT2D eigenvalue weighted by atomic mass is 10.3. The van der Waals surface area contributed by atoms with Crippen molar-refractivity contribution >= 4 is 21.4 Å². The Hall–Kier alpha value is -2.48. The normalized spacial score (nSPS) is 11.0. The van der Waals surface area contributed by atoms with Crippen LogP contribution in [0, 0.1) is 0 Å². The van der Waals surface area contributed by atoms with Crippen molar-refractivity contribution in [3.8, 4) is 11.5 Å². The molecule has 0 saturated carbocycles. The molecule has 1 aromatic carbocycles. The van der Waals surface area contributed by atoms with Gasteiger partial charge in [0, 0.05) is 30.6 Å². The Bertz CT molecular complexity index is 725. The predicted molar refractivity (Wildman–Crippen MR) is 79.0 cm³/mol. The molecule has 3 N–H and O–H groups in total. The van der Waals surface area contributed by atoms with Crippen molar-refractivity contribution in [1.29, 1.82) is 0 Å². The lowest BCUT2D eigenvalue weighted by Crippen LogP contribution is -2.15. The van der Waals surface area contributed by atoms with Crippen LogP contribution in [0.15, 0.2) is 41.6 Å². The highest BCUT2D eigenvalue weighted by Gasteiger charge is 2.18. The smallest absolute Gasteiger partial charge is 0.265 e. The van der Waals surface area contributed by atoms with E-state index in [-0.39, 0.29) is 10.6 Å². The van der Waals surface area contributed by atoms with E-state index in [0.29, 0.717) is 17.2 Å². The molecule has 0 radical (unpaired) electrons. The van der Waals surface area contributed by atoms with Crippen molar-refractivity contribution in [3.05, 3.63) is 36.7 Å². The lowest BCUT2D eigenvalue weighted by molar-refractivity contribution is 0.395. The van der Waals surface area contributed by atoms with Gasteiger partial charge in [0.15, 0.2) is 0 Å². The molecular formula is C13H15N3O4S. The number of methoxy groups -OCH3 is 2. The molecule has 0 atom stereocenters. The molecule has 0 amide bonds. The third-order valence-electron chi connectivity index (χ3n) is 2.71. The fourth-order valence-electron chi connectivity index (χ4n) is 1.69. The van der Waals surface area contributed by atoms with Crippen LogP contribution in [-0.4, -0.2) is 27.6 Å². The Morgan fingerprint density at radius 1 is 1.14 bits per heavy atom. The van der Waals surface area contributed by atoms with Crippen molar-refractivity contribution < 1.29 is 17.9 Å². The van der Waals surface area contributed by atoms with Gasteiger partial charge in [-0.3, -0.25) is 9.71 Å². The summed E-state index contributed by atoms with van der Waals surface area (Å²) in [6.07, 6.45) is 2.61. The minimum Gasteiger partial charge on any atom is -0.497 e. The number of nitrogens with one attached hydrogen (secondary N) is 1. The molecule has 2 aromatic rings. The quantitative estimate of drug-likeness (QED) is 0.867. The number of anilines is 2. The molecule has 1 heterocycles. The van der Waals surface area contributed by atoms with E-state index in [4.69, 9.17) is 15.2 Å². The van der Waals surface area contributed by atoms with Crippen LogP contribution in [-0.2, 0) is 10.0 Å². The van der Waals surface area contributed by atoms with Gasteiger partial charge in [0.2, 0.25) is 0 Å². The molecule has 0 spiro atoms. The van der Waals surface area contributed by atoms with Crippen LogP contribution < -0.4 is 19.9 Å². The molecular weight excluding hydrogens is 294 g/mol. The lowest BCUT2D eigenvalue weighted by Gasteiger charge is -2.12. The Balaban J connectivity index is 2.39. The number of hydrogen-bond acceptors (Lipinski definition) is 6. The number of pyridine rings is 1. The second kappa shape index (κ2) is 5.88. The van der Waals surface area contributed by atoms with Crippen molar-refractivity contribution in [3.63, 3.8) is 0 Å². The van der Waals surface area contributed by atoms with Crippen LogP contribution in [0.25, 0.3) is 0 Å². The summed E-state index contributed by atoms with van der Waals surface area (Å²) in [5, 5.41) is 0. The number of rotatable bonds is 5. The van der Waals surface area contributed by atoms with Gasteiger partial charge in [0.25, 0.3) is 10.0 Å². The number of sulfonamides is 1. The van der Waals surface area contributed by atoms with E-state index >= 15 is 0 Å². The summed E-state index contributed by atoms with van der Waals surface area (Å²) >= 11 is 0. The van der Waals surface area contributed by atoms with E-state index in [9.17, 15) is 8.42 Å². The third kappa shape index (κ3) is 3.34. The van der Waals surface area contributed by atoms with E-state index in [1.165, 1.54) is 44.8 Å². The molecule has 0 aliphatic heterocycles. The first kappa shape index (κ1) is 14.9. The van der Waals surface area contributed by atoms with Crippen molar-refractivity contribution in [2.75, 3.05) is 24.7 Å². The van der Waals surface area contributed by atoms with E-state index in [1.807, 2.05) is 0 Å². The largest absolute Gasteiger partial charge is 0.497 e. The van der Waals surface area contributed by atoms with Crippen LogP contribution >= 0.6 is 0 Å². The summed E-state index contributed by atoms with van der Waals surface area (Å²) in [6, 6.07) is 6.12. The van der Waals surface area contributed by atoms with E-state index in [2.05, 4.69) is 9.71 Å². The number of nitrogen functional groups attached to an aromatic ring is 1. The molecule has 1 aromatic heterocycles. The molecule has 0 unspecified atom stereocenters. The third-order valence-corrected chi connectivity index (χ3v) is 4.13.